The number of hydrogen-bond acceptors (Lipinski definition) is 6. The second-order valence-corrected chi connectivity index (χ2v) is 7.11. The highest BCUT2D eigenvalue weighted by Gasteiger charge is 2.31. The first-order chi connectivity index (χ1) is 15.3. The number of rotatable bonds is 7. The predicted octanol–water partition coefficient (Wildman–Crippen LogP) is 2.96. The van der Waals surface area contributed by atoms with Crippen molar-refractivity contribution >= 4 is 22.6 Å². The van der Waals surface area contributed by atoms with Crippen molar-refractivity contribution in [2.75, 3.05) is 25.1 Å². The fourth-order valence-corrected chi connectivity index (χ4v) is 3.48. The number of carbonyl (C=O) groups is 1. The molecule has 0 aliphatic carbocycles. The van der Waals surface area contributed by atoms with Gasteiger partial charge in [0.1, 0.15) is 5.75 Å². The van der Waals surface area contributed by atoms with Crippen LogP contribution in [-0.4, -0.2) is 53.3 Å². The van der Waals surface area contributed by atoms with Crippen molar-refractivity contribution in [2.24, 2.45) is 0 Å². The molecule has 2 aromatic heterocycles. The lowest BCUT2D eigenvalue weighted by atomic mass is 10.1. The molecule has 3 heterocycles. The maximum atomic E-state index is 12.5. The Morgan fingerprint density at radius 2 is 2.00 bits per heavy atom. The summed E-state index contributed by atoms with van der Waals surface area (Å²) in [6, 6.07) is 7.19. The topological polar surface area (TPSA) is 81.5 Å². The van der Waals surface area contributed by atoms with Crippen LogP contribution in [0.3, 0.4) is 0 Å². The van der Waals surface area contributed by atoms with E-state index in [4.69, 9.17) is 4.74 Å². The highest BCUT2D eigenvalue weighted by Crippen LogP contribution is 2.33. The molecule has 1 aliphatic heterocycles. The van der Waals surface area contributed by atoms with Gasteiger partial charge < -0.3 is 19.7 Å². The van der Waals surface area contributed by atoms with E-state index < -0.39 is 6.36 Å². The number of carbonyl (C=O) groups excluding carboxylic acids is 1. The summed E-state index contributed by atoms with van der Waals surface area (Å²) >= 11 is 0. The molecule has 3 aromatic rings. The Labute approximate surface area is 181 Å². The Kier molecular flexibility index (Phi) is 5.74. The molecule has 1 aliphatic rings. The number of amides is 1. The number of halogens is 3. The summed E-state index contributed by atoms with van der Waals surface area (Å²) in [6.45, 7) is 4.97. The van der Waals surface area contributed by atoms with Crippen LogP contribution in [0.1, 0.15) is 5.69 Å². The first-order valence-corrected chi connectivity index (χ1v) is 9.70. The van der Waals surface area contributed by atoms with Crippen LogP contribution in [0.4, 0.5) is 18.9 Å². The zero-order valence-electron chi connectivity index (χ0n) is 17.1. The normalized spacial score (nSPS) is 14.3. The van der Waals surface area contributed by atoms with Gasteiger partial charge >= 0.3 is 6.36 Å². The fraction of sp³-hybridized carbons (Fsp3) is 0.286. The monoisotopic (exact) mass is 447 g/mol. The van der Waals surface area contributed by atoms with Crippen LogP contribution in [0.25, 0.3) is 16.7 Å². The molecule has 32 heavy (non-hydrogen) atoms. The second-order valence-electron chi connectivity index (χ2n) is 7.11. The molecule has 0 radical (unpaired) electrons. The summed E-state index contributed by atoms with van der Waals surface area (Å²) in [5, 5.41) is 8.05. The lowest BCUT2D eigenvalue weighted by molar-refractivity contribution is -0.274. The van der Waals surface area contributed by atoms with Crippen molar-refractivity contribution < 1.29 is 27.4 Å². The average molecular weight is 447 g/mol. The number of pyridine rings is 1. The van der Waals surface area contributed by atoms with Crippen molar-refractivity contribution in [1.82, 2.24) is 20.1 Å². The maximum absolute atomic E-state index is 12.5. The largest absolute Gasteiger partial charge is 0.573 e. The van der Waals surface area contributed by atoms with Crippen LogP contribution in [0, 0.1) is 0 Å². The van der Waals surface area contributed by atoms with Gasteiger partial charge in [-0.2, -0.15) is 5.10 Å². The number of aromatic nitrogens is 3. The molecule has 1 saturated heterocycles. The van der Waals surface area contributed by atoms with E-state index in [1.807, 2.05) is 6.07 Å². The van der Waals surface area contributed by atoms with Gasteiger partial charge in [-0.15, -0.1) is 13.2 Å². The Balaban J connectivity index is 1.74. The molecule has 11 heteroatoms. The number of ether oxygens (including phenoxy) is 2. The van der Waals surface area contributed by atoms with E-state index in [-0.39, 0.29) is 24.3 Å². The third-order valence-electron chi connectivity index (χ3n) is 5.07. The molecule has 0 spiro atoms. The lowest BCUT2D eigenvalue weighted by Crippen LogP contribution is -2.52. The van der Waals surface area contributed by atoms with Gasteiger partial charge in [0.2, 0.25) is 5.91 Å². The minimum atomic E-state index is -4.77. The number of alkyl halides is 3. The van der Waals surface area contributed by atoms with Crippen molar-refractivity contribution in [3.8, 4) is 11.4 Å². The fourth-order valence-electron chi connectivity index (χ4n) is 3.48. The molecule has 4 rings (SSSR count). The highest BCUT2D eigenvalue weighted by atomic mass is 19.4. The summed E-state index contributed by atoms with van der Waals surface area (Å²) in [6.07, 6.45) is -1.85. The number of fused-ring (bicyclic) bond motifs is 1. The number of methoxy groups -OCH3 is 1. The summed E-state index contributed by atoms with van der Waals surface area (Å²) in [7, 11) is 1.66. The Morgan fingerprint density at radius 1 is 1.28 bits per heavy atom. The summed E-state index contributed by atoms with van der Waals surface area (Å²) in [4.78, 5) is 18.3. The third-order valence-corrected chi connectivity index (χ3v) is 5.07. The molecule has 1 fully saturated rings. The number of benzene rings is 1. The van der Waals surface area contributed by atoms with Crippen molar-refractivity contribution in [2.45, 2.75) is 19.0 Å². The van der Waals surface area contributed by atoms with Crippen LogP contribution in [0.15, 0.2) is 49.2 Å². The molecule has 0 unspecified atom stereocenters. The zero-order chi connectivity index (χ0) is 22.9. The molecule has 1 N–H and O–H groups in total. The van der Waals surface area contributed by atoms with Gasteiger partial charge in [0.15, 0.2) is 5.65 Å². The third kappa shape index (κ3) is 4.37. The quantitative estimate of drug-likeness (QED) is 0.561. The summed E-state index contributed by atoms with van der Waals surface area (Å²) in [5.41, 5.74) is 2.45. The van der Waals surface area contributed by atoms with Crippen LogP contribution >= 0.6 is 0 Å². The maximum Gasteiger partial charge on any atom is 0.573 e. The van der Waals surface area contributed by atoms with E-state index in [0.717, 1.165) is 17.1 Å². The molecule has 0 saturated carbocycles. The molecular weight excluding hydrogens is 427 g/mol. The average Bonchev–Trinajstić information content (AvgIpc) is 3.10. The van der Waals surface area contributed by atoms with E-state index in [2.05, 4.69) is 31.6 Å². The molecule has 168 valence electrons. The van der Waals surface area contributed by atoms with E-state index in [9.17, 15) is 18.0 Å². The Hall–Kier alpha value is -3.60. The van der Waals surface area contributed by atoms with Crippen LogP contribution in [0.5, 0.6) is 5.75 Å². The number of nitrogens with one attached hydrogen (secondary N) is 1. The minimum absolute atomic E-state index is 0.123. The van der Waals surface area contributed by atoms with E-state index in [1.165, 1.54) is 28.9 Å². The predicted molar refractivity (Wildman–Crippen MR) is 111 cm³/mol. The van der Waals surface area contributed by atoms with Crippen molar-refractivity contribution in [3.05, 3.63) is 54.9 Å². The highest BCUT2D eigenvalue weighted by molar-refractivity contribution is 5.94. The van der Waals surface area contributed by atoms with E-state index >= 15 is 0 Å². The minimum Gasteiger partial charge on any atom is -0.406 e. The van der Waals surface area contributed by atoms with Crippen molar-refractivity contribution in [1.29, 1.82) is 0 Å². The van der Waals surface area contributed by atoms with Gasteiger partial charge in [0, 0.05) is 26.4 Å². The molecule has 0 atom stereocenters. The summed E-state index contributed by atoms with van der Waals surface area (Å²) in [5.74, 6) is -0.689. The summed E-state index contributed by atoms with van der Waals surface area (Å²) < 4.78 is 48.2. The van der Waals surface area contributed by atoms with Crippen LogP contribution in [-0.2, 0) is 16.1 Å². The molecule has 1 amide bonds. The first-order valence-electron chi connectivity index (χ1n) is 9.70. The van der Waals surface area contributed by atoms with E-state index in [1.54, 1.807) is 13.3 Å². The molecule has 1 aromatic carbocycles. The zero-order valence-corrected chi connectivity index (χ0v) is 17.1. The van der Waals surface area contributed by atoms with Gasteiger partial charge in [-0.05, 0) is 36.4 Å². The van der Waals surface area contributed by atoms with Crippen molar-refractivity contribution in [3.63, 3.8) is 0 Å². The number of nitrogens with zero attached hydrogens (tertiary/aromatic N) is 4. The standard InChI is InChI=1S/C21H20F3N5O3/c1-3-18(30)26-10-16-19-17(28-11-15(12-28)31-2)8-9-25-20(19)29(27-16)13-4-6-14(7-5-13)32-21(22,23)24/h3-9,15H,1,10-12H2,2H3,(H,26,30). The Bertz CT molecular complexity index is 1140. The van der Waals surface area contributed by atoms with Gasteiger partial charge in [-0.1, -0.05) is 6.58 Å². The smallest absolute Gasteiger partial charge is 0.406 e. The van der Waals surface area contributed by atoms with Crippen LogP contribution < -0.4 is 15.0 Å². The van der Waals surface area contributed by atoms with Gasteiger partial charge in [-0.25, -0.2) is 9.67 Å². The lowest BCUT2D eigenvalue weighted by Gasteiger charge is -2.40. The SMILES string of the molecule is C=CC(=O)NCc1nn(-c2ccc(OC(F)(F)F)cc2)c2nccc(N3CC(OC)C3)c12. The molecule has 8 nitrogen and oxygen atoms in total. The van der Waals surface area contributed by atoms with Crippen LogP contribution in [0.2, 0.25) is 0 Å². The number of anilines is 1. The second kappa shape index (κ2) is 8.50. The van der Waals surface area contributed by atoms with E-state index in [0.29, 0.717) is 30.1 Å². The molecule has 0 bridgehead atoms. The van der Waals surface area contributed by atoms with Gasteiger partial charge in [-0.3, -0.25) is 4.79 Å². The molecular formula is C21H20F3N5O3. The van der Waals surface area contributed by atoms with Gasteiger partial charge in [0.05, 0.1) is 35.1 Å². The number of hydrogen-bond donors (Lipinski definition) is 1. The van der Waals surface area contributed by atoms with Gasteiger partial charge in [0.25, 0.3) is 0 Å². The first kappa shape index (κ1) is 21.6. The Morgan fingerprint density at radius 3 is 2.62 bits per heavy atom.